The summed E-state index contributed by atoms with van der Waals surface area (Å²) in [5.41, 5.74) is 3.12. The number of hydrogen-bond acceptors (Lipinski definition) is 2. The minimum Gasteiger partial charge on any atom is -0.352 e. The Hall–Kier alpha value is -2.30. The van der Waals surface area contributed by atoms with Crippen LogP contribution in [0.1, 0.15) is 28.9 Å². The maximum atomic E-state index is 12.3. The lowest BCUT2D eigenvalue weighted by atomic mass is 10.0. The number of carbonyl (C=O) groups is 2. The highest BCUT2D eigenvalue weighted by atomic mass is 16.2. The molecule has 0 spiro atoms. The second-order valence-electron chi connectivity index (χ2n) is 6.63. The average Bonchev–Trinajstić information content (AvgIpc) is 3.04. The molecule has 1 aromatic heterocycles. The summed E-state index contributed by atoms with van der Waals surface area (Å²) in [4.78, 5) is 25.8. The highest BCUT2D eigenvalue weighted by molar-refractivity contribution is 6.09. The molecule has 1 atom stereocenters. The van der Waals surface area contributed by atoms with Gasteiger partial charge in [0.15, 0.2) is 0 Å². The van der Waals surface area contributed by atoms with Crippen molar-refractivity contribution in [3.05, 3.63) is 35.5 Å². The zero-order chi connectivity index (χ0) is 16.0. The second kappa shape index (κ2) is 5.41. The van der Waals surface area contributed by atoms with Gasteiger partial charge in [-0.15, -0.1) is 0 Å². The molecule has 1 saturated heterocycles. The van der Waals surface area contributed by atoms with Crippen molar-refractivity contribution >= 4 is 22.7 Å². The van der Waals surface area contributed by atoms with Gasteiger partial charge in [0, 0.05) is 56.1 Å². The molecular weight excluding hydrogens is 290 g/mol. The first kappa shape index (κ1) is 14.3. The van der Waals surface area contributed by atoms with Crippen LogP contribution in [0.2, 0.25) is 0 Å². The Kier molecular flexibility index (Phi) is 3.36. The third kappa shape index (κ3) is 2.31. The SMILES string of the molecule is CN1C[C@H](CCn2c3c(c4ccccc42)C(=O)NCC3)CC1=O. The molecule has 0 unspecified atom stereocenters. The molecule has 23 heavy (non-hydrogen) atoms. The van der Waals surface area contributed by atoms with Gasteiger partial charge < -0.3 is 14.8 Å². The van der Waals surface area contributed by atoms with Gasteiger partial charge in [0.05, 0.1) is 5.56 Å². The van der Waals surface area contributed by atoms with Crippen LogP contribution in [0, 0.1) is 5.92 Å². The van der Waals surface area contributed by atoms with Crippen LogP contribution in [0.15, 0.2) is 24.3 Å². The fourth-order valence-electron chi connectivity index (χ4n) is 3.97. The summed E-state index contributed by atoms with van der Waals surface area (Å²) in [6, 6.07) is 8.13. The molecule has 1 aromatic carbocycles. The Morgan fingerprint density at radius 2 is 2.09 bits per heavy atom. The number of fused-ring (bicyclic) bond motifs is 3. The number of nitrogens with one attached hydrogen (secondary N) is 1. The Morgan fingerprint density at radius 1 is 1.26 bits per heavy atom. The van der Waals surface area contributed by atoms with Crippen LogP contribution < -0.4 is 5.32 Å². The number of rotatable bonds is 3. The molecule has 5 heteroatoms. The monoisotopic (exact) mass is 311 g/mol. The topological polar surface area (TPSA) is 54.3 Å². The molecule has 1 fully saturated rings. The molecule has 2 aromatic rings. The van der Waals surface area contributed by atoms with Crippen LogP contribution in [0.5, 0.6) is 0 Å². The summed E-state index contributed by atoms with van der Waals surface area (Å²) in [7, 11) is 1.87. The smallest absolute Gasteiger partial charge is 0.253 e. The normalized spacial score (nSPS) is 20.9. The molecule has 0 bridgehead atoms. The van der Waals surface area contributed by atoms with Crippen molar-refractivity contribution in [2.45, 2.75) is 25.8 Å². The van der Waals surface area contributed by atoms with Crippen molar-refractivity contribution < 1.29 is 9.59 Å². The van der Waals surface area contributed by atoms with Crippen LogP contribution in [-0.4, -0.2) is 41.4 Å². The largest absolute Gasteiger partial charge is 0.352 e. The van der Waals surface area contributed by atoms with Crippen molar-refractivity contribution in [2.24, 2.45) is 5.92 Å². The van der Waals surface area contributed by atoms with Crippen molar-refractivity contribution in [1.82, 2.24) is 14.8 Å². The number of amides is 2. The minimum absolute atomic E-state index is 0.0389. The number of benzene rings is 1. The number of aryl methyl sites for hydroxylation is 1. The van der Waals surface area contributed by atoms with E-state index in [9.17, 15) is 9.59 Å². The lowest BCUT2D eigenvalue weighted by Gasteiger charge is -2.18. The van der Waals surface area contributed by atoms with Crippen LogP contribution in [0.4, 0.5) is 0 Å². The number of carbonyl (C=O) groups excluding carboxylic acids is 2. The second-order valence-corrected chi connectivity index (χ2v) is 6.63. The van der Waals surface area contributed by atoms with E-state index in [1.54, 1.807) is 0 Å². The molecule has 3 heterocycles. The first-order chi connectivity index (χ1) is 11.1. The van der Waals surface area contributed by atoms with Crippen LogP contribution in [-0.2, 0) is 17.8 Å². The van der Waals surface area contributed by atoms with E-state index in [0.717, 1.165) is 48.1 Å². The van der Waals surface area contributed by atoms with Gasteiger partial charge in [-0.1, -0.05) is 18.2 Å². The number of likely N-dealkylation sites (tertiary alicyclic amines) is 1. The van der Waals surface area contributed by atoms with E-state index >= 15 is 0 Å². The third-order valence-corrected chi connectivity index (χ3v) is 5.14. The van der Waals surface area contributed by atoms with Crippen molar-refractivity contribution in [3.8, 4) is 0 Å². The Labute approximate surface area is 135 Å². The fourth-order valence-corrected chi connectivity index (χ4v) is 3.97. The first-order valence-corrected chi connectivity index (χ1v) is 8.27. The van der Waals surface area contributed by atoms with Gasteiger partial charge in [-0.05, 0) is 18.4 Å². The molecule has 5 nitrogen and oxygen atoms in total. The van der Waals surface area contributed by atoms with Crippen LogP contribution in [0.25, 0.3) is 10.9 Å². The van der Waals surface area contributed by atoms with E-state index in [1.807, 2.05) is 30.1 Å². The van der Waals surface area contributed by atoms with E-state index in [2.05, 4.69) is 16.0 Å². The maximum absolute atomic E-state index is 12.3. The molecule has 1 N–H and O–H groups in total. The van der Waals surface area contributed by atoms with Gasteiger partial charge in [-0.2, -0.15) is 0 Å². The van der Waals surface area contributed by atoms with Gasteiger partial charge in [0.2, 0.25) is 5.91 Å². The highest BCUT2D eigenvalue weighted by Crippen LogP contribution is 2.30. The van der Waals surface area contributed by atoms with Crippen molar-refractivity contribution in [1.29, 1.82) is 0 Å². The van der Waals surface area contributed by atoms with Crippen LogP contribution in [0.3, 0.4) is 0 Å². The van der Waals surface area contributed by atoms with E-state index in [1.165, 1.54) is 0 Å². The molecule has 2 aliphatic heterocycles. The fraction of sp³-hybridized carbons (Fsp3) is 0.444. The average molecular weight is 311 g/mol. The van der Waals surface area contributed by atoms with E-state index in [0.29, 0.717) is 18.9 Å². The Bertz CT molecular complexity index is 793. The summed E-state index contributed by atoms with van der Waals surface area (Å²) >= 11 is 0. The van der Waals surface area contributed by atoms with Gasteiger partial charge >= 0.3 is 0 Å². The number of aromatic nitrogens is 1. The standard InChI is InChI=1S/C18H21N3O2/c1-20-11-12(10-16(20)22)7-9-21-14-5-3-2-4-13(14)17-15(21)6-8-19-18(17)23/h2-5,12H,6-11H2,1H3,(H,19,23)/t12-/m1/s1. The maximum Gasteiger partial charge on any atom is 0.253 e. The van der Waals surface area contributed by atoms with Crippen LogP contribution >= 0.6 is 0 Å². The molecule has 4 rings (SSSR count). The molecule has 0 radical (unpaired) electrons. The molecule has 2 aliphatic rings. The molecular formula is C18H21N3O2. The summed E-state index contributed by atoms with van der Waals surface area (Å²) in [5.74, 6) is 0.701. The third-order valence-electron chi connectivity index (χ3n) is 5.14. The summed E-state index contributed by atoms with van der Waals surface area (Å²) in [6.07, 6.45) is 2.50. The molecule has 0 aliphatic carbocycles. The summed E-state index contributed by atoms with van der Waals surface area (Å²) in [6.45, 7) is 2.42. The minimum atomic E-state index is 0.0389. The number of para-hydroxylation sites is 1. The highest BCUT2D eigenvalue weighted by Gasteiger charge is 2.28. The summed E-state index contributed by atoms with van der Waals surface area (Å²) < 4.78 is 2.30. The van der Waals surface area contributed by atoms with Gasteiger partial charge in [0.25, 0.3) is 5.91 Å². The van der Waals surface area contributed by atoms with Crippen molar-refractivity contribution in [2.75, 3.05) is 20.1 Å². The Morgan fingerprint density at radius 3 is 2.87 bits per heavy atom. The first-order valence-electron chi connectivity index (χ1n) is 8.27. The van der Waals surface area contributed by atoms with E-state index in [-0.39, 0.29) is 11.8 Å². The number of nitrogens with zero attached hydrogens (tertiary/aromatic N) is 2. The number of hydrogen-bond donors (Lipinski definition) is 1. The summed E-state index contributed by atoms with van der Waals surface area (Å²) in [5, 5.41) is 3.99. The molecule has 120 valence electrons. The van der Waals surface area contributed by atoms with Gasteiger partial charge in [0.1, 0.15) is 0 Å². The van der Waals surface area contributed by atoms with Gasteiger partial charge in [-0.25, -0.2) is 0 Å². The zero-order valence-corrected chi connectivity index (χ0v) is 13.3. The predicted molar refractivity (Wildman–Crippen MR) is 88.3 cm³/mol. The molecule has 2 amide bonds. The van der Waals surface area contributed by atoms with E-state index in [4.69, 9.17) is 0 Å². The van der Waals surface area contributed by atoms with E-state index < -0.39 is 0 Å². The van der Waals surface area contributed by atoms with Gasteiger partial charge in [-0.3, -0.25) is 9.59 Å². The van der Waals surface area contributed by atoms with Crippen molar-refractivity contribution in [3.63, 3.8) is 0 Å². The zero-order valence-electron chi connectivity index (χ0n) is 13.3. The predicted octanol–water partition coefficient (Wildman–Crippen LogP) is 1.80. The Balaban J connectivity index is 1.67. The molecule has 0 saturated carbocycles. The lowest BCUT2D eigenvalue weighted by molar-refractivity contribution is -0.126. The lowest BCUT2D eigenvalue weighted by Crippen LogP contribution is -2.32. The quantitative estimate of drug-likeness (QED) is 0.939.